The van der Waals surface area contributed by atoms with Gasteiger partial charge in [-0.2, -0.15) is 5.10 Å². The zero-order chi connectivity index (χ0) is 25.8. The number of nitrogens with zero attached hydrogens (tertiary/aromatic N) is 5. The van der Waals surface area contributed by atoms with E-state index in [0.717, 1.165) is 16.5 Å². The van der Waals surface area contributed by atoms with Gasteiger partial charge in [-0.15, -0.1) is 0 Å². The summed E-state index contributed by atoms with van der Waals surface area (Å²) >= 11 is 4.12. The second-order valence-corrected chi connectivity index (χ2v) is 10.2. The smallest absolute Gasteiger partial charge is 0.275 e. The number of nitrogens with one attached hydrogen (secondary N) is 1. The van der Waals surface area contributed by atoms with Crippen molar-refractivity contribution in [2.45, 2.75) is 25.6 Å². The molecule has 0 spiro atoms. The lowest BCUT2D eigenvalue weighted by atomic mass is 10.0. The van der Waals surface area contributed by atoms with Crippen molar-refractivity contribution in [3.8, 4) is 0 Å². The average molecular weight is 538 g/mol. The van der Waals surface area contributed by atoms with Crippen molar-refractivity contribution in [3.05, 3.63) is 76.7 Å². The van der Waals surface area contributed by atoms with E-state index in [4.69, 9.17) is 11.6 Å². The lowest BCUT2D eigenvalue weighted by Crippen LogP contribution is -2.53. The number of anilines is 2. The number of carbonyl (C=O) groups is 2. The van der Waals surface area contributed by atoms with Gasteiger partial charge < -0.3 is 23.6 Å². The van der Waals surface area contributed by atoms with Gasteiger partial charge in [0.15, 0.2) is 5.69 Å². The van der Waals surface area contributed by atoms with E-state index < -0.39 is 17.3 Å². The Morgan fingerprint density at radius 1 is 1.19 bits per heavy atom. The molecule has 0 bridgehead atoms. The van der Waals surface area contributed by atoms with Crippen LogP contribution in [0, 0.1) is 0 Å². The summed E-state index contributed by atoms with van der Waals surface area (Å²) in [6, 6.07) is 14.2. The van der Waals surface area contributed by atoms with Crippen molar-refractivity contribution in [2.24, 2.45) is 0 Å². The third-order valence-electron chi connectivity index (χ3n) is 6.99. The van der Waals surface area contributed by atoms with Crippen LogP contribution in [-0.4, -0.2) is 59.5 Å². The predicted molar refractivity (Wildman–Crippen MR) is 139 cm³/mol. The van der Waals surface area contributed by atoms with E-state index >= 15 is 0 Å². The van der Waals surface area contributed by atoms with Crippen molar-refractivity contribution >= 4 is 57.0 Å². The van der Waals surface area contributed by atoms with E-state index in [1.807, 2.05) is 47.2 Å². The highest BCUT2D eigenvalue weighted by Gasteiger charge is 2.40. The number of benzene rings is 2. The Morgan fingerprint density at radius 3 is 2.73 bits per heavy atom. The average Bonchev–Trinajstić information content (AvgIpc) is 3.40. The Kier molecular flexibility index (Phi) is 5.78. The third-order valence-corrected chi connectivity index (χ3v) is 7.81. The molecule has 2 aromatic carbocycles. The molecule has 10 nitrogen and oxygen atoms in total. The first kappa shape index (κ1) is 23.7. The minimum Gasteiger partial charge on any atom is -0.755 e. The first-order chi connectivity index (χ1) is 17.8. The largest absolute Gasteiger partial charge is 0.755 e. The van der Waals surface area contributed by atoms with Gasteiger partial charge in [0.1, 0.15) is 11.2 Å². The fraction of sp³-hybridized carbons (Fsp3) is 0.240. The van der Waals surface area contributed by atoms with Crippen LogP contribution in [0.3, 0.4) is 0 Å². The van der Waals surface area contributed by atoms with Gasteiger partial charge in [-0.25, -0.2) is 4.68 Å². The summed E-state index contributed by atoms with van der Waals surface area (Å²) in [5, 5.41) is 5.76. The first-order valence-corrected chi connectivity index (χ1v) is 13.1. The van der Waals surface area contributed by atoms with Crippen LogP contribution < -0.4 is 9.62 Å². The first-order valence-electron chi connectivity index (χ1n) is 11.7. The minimum atomic E-state index is -2.50. The molecule has 4 heterocycles. The van der Waals surface area contributed by atoms with E-state index in [1.165, 1.54) is 4.90 Å². The Morgan fingerprint density at radius 2 is 1.97 bits per heavy atom. The molecule has 2 aliphatic heterocycles. The van der Waals surface area contributed by atoms with Crippen LogP contribution >= 0.6 is 11.6 Å². The van der Waals surface area contributed by atoms with Crippen LogP contribution in [-0.2, 0) is 35.6 Å². The molecule has 2 amide bonds. The molecule has 6 rings (SSSR count). The molecule has 0 saturated heterocycles. The summed E-state index contributed by atoms with van der Waals surface area (Å²) in [5.41, 5.74) is 3.68. The Hall–Kier alpha value is -3.67. The van der Waals surface area contributed by atoms with E-state index in [9.17, 15) is 18.4 Å². The standard InChI is InChI=1S/C25H23ClN6O4S/c1-29-19-12-17(28-37(35)36)11-16-7-9-30(22(16)19)14-20(24(29)33)31-10-8-18-21(25(31)34)27-32(23(18)26)13-15-5-3-2-4-6-15/h2-7,9,11-12,20,28H,8,10,13-14H2,1H3,(H,35,36)/p-1/t20-/m0/s1. The number of likely N-dealkylation sites (N-methyl/N-ethyl adjacent to an activating group) is 1. The number of hydrogen-bond donors (Lipinski definition) is 1. The second kappa shape index (κ2) is 9.02. The SMILES string of the molecule is CN1C(=O)[C@@H](N2CCc3c(nn(Cc4ccccc4)c3Cl)C2=O)Cn2ccc3cc(NS(=O)[O-])cc1c32. The van der Waals surface area contributed by atoms with Crippen molar-refractivity contribution in [3.63, 3.8) is 0 Å². The van der Waals surface area contributed by atoms with Crippen molar-refractivity contribution in [1.29, 1.82) is 0 Å². The Bertz CT molecular complexity index is 1580. The van der Waals surface area contributed by atoms with Crippen molar-refractivity contribution in [2.75, 3.05) is 23.2 Å². The highest BCUT2D eigenvalue weighted by Crippen LogP contribution is 2.36. The summed E-state index contributed by atoms with van der Waals surface area (Å²) < 4.78 is 28.3. The summed E-state index contributed by atoms with van der Waals surface area (Å²) in [6.45, 7) is 1.03. The van der Waals surface area contributed by atoms with Crippen LogP contribution in [0.1, 0.15) is 21.6 Å². The highest BCUT2D eigenvalue weighted by atomic mass is 35.5. The molecular formula is C25H22ClN6O4S-. The van der Waals surface area contributed by atoms with Crippen LogP contribution in [0.2, 0.25) is 5.15 Å². The number of amides is 2. The zero-order valence-corrected chi connectivity index (χ0v) is 21.3. The lowest BCUT2D eigenvalue weighted by molar-refractivity contribution is -0.123. The molecule has 2 aliphatic rings. The van der Waals surface area contributed by atoms with Gasteiger partial charge in [0.05, 0.1) is 24.3 Å². The molecule has 12 heteroatoms. The molecule has 0 aliphatic carbocycles. The van der Waals surface area contributed by atoms with Gasteiger partial charge in [-0.05, 0) is 30.2 Å². The summed E-state index contributed by atoms with van der Waals surface area (Å²) in [6.07, 6.45) is 2.33. The molecule has 0 radical (unpaired) electrons. The van der Waals surface area contributed by atoms with Gasteiger partial charge in [0, 0.05) is 47.7 Å². The molecule has 0 saturated carbocycles. The van der Waals surface area contributed by atoms with Gasteiger partial charge in [-0.1, -0.05) is 41.9 Å². The van der Waals surface area contributed by atoms with Gasteiger partial charge in [0.25, 0.3) is 11.8 Å². The van der Waals surface area contributed by atoms with Gasteiger partial charge in [0.2, 0.25) is 0 Å². The molecule has 0 fully saturated rings. The number of hydrogen-bond acceptors (Lipinski definition) is 5. The van der Waals surface area contributed by atoms with Crippen LogP contribution in [0.15, 0.2) is 54.7 Å². The van der Waals surface area contributed by atoms with Crippen LogP contribution in [0.4, 0.5) is 11.4 Å². The van der Waals surface area contributed by atoms with E-state index in [1.54, 1.807) is 28.8 Å². The molecular weight excluding hydrogens is 516 g/mol. The Labute approximate surface area is 219 Å². The molecule has 190 valence electrons. The lowest BCUT2D eigenvalue weighted by Gasteiger charge is -2.34. The second-order valence-electron chi connectivity index (χ2n) is 9.16. The fourth-order valence-corrected chi connectivity index (χ4v) is 5.82. The maximum atomic E-state index is 13.7. The van der Waals surface area contributed by atoms with Gasteiger partial charge in [-0.3, -0.25) is 13.8 Å². The quantitative estimate of drug-likeness (QED) is 0.393. The summed E-state index contributed by atoms with van der Waals surface area (Å²) in [7, 11) is 1.63. The number of aromatic nitrogens is 3. The van der Waals surface area contributed by atoms with E-state index in [0.29, 0.717) is 41.6 Å². The summed E-state index contributed by atoms with van der Waals surface area (Å²) in [4.78, 5) is 30.4. The van der Waals surface area contributed by atoms with E-state index in [2.05, 4.69) is 9.82 Å². The van der Waals surface area contributed by atoms with Crippen molar-refractivity contribution in [1.82, 2.24) is 19.2 Å². The van der Waals surface area contributed by atoms with Crippen LogP contribution in [0.5, 0.6) is 0 Å². The van der Waals surface area contributed by atoms with Gasteiger partial charge >= 0.3 is 0 Å². The number of rotatable bonds is 5. The maximum Gasteiger partial charge on any atom is 0.275 e. The molecule has 4 aromatic rings. The number of halogens is 1. The zero-order valence-electron chi connectivity index (χ0n) is 19.8. The van der Waals surface area contributed by atoms with Crippen LogP contribution in [0.25, 0.3) is 10.9 Å². The maximum absolute atomic E-state index is 13.7. The number of carbonyl (C=O) groups excluding carboxylic acids is 2. The molecule has 1 unspecified atom stereocenters. The van der Waals surface area contributed by atoms with E-state index in [-0.39, 0.29) is 24.1 Å². The molecule has 2 atom stereocenters. The molecule has 37 heavy (non-hydrogen) atoms. The topological polar surface area (TPSA) is 116 Å². The van der Waals surface area contributed by atoms with Crippen molar-refractivity contribution < 1.29 is 18.4 Å². The Balaban J connectivity index is 1.33. The number of fused-ring (bicyclic) bond motifs is 1. The predicted octanol–water partition coefficient (Wildman–Crippen LogP) is 2.79. The molecule has 2 aromatic heterocycles. The fourth-order valence-electron chi connectivity index (χ4n) is 5.23. The highest BCUT2D eigenvalue weighted by molar-refractivity contribution is 7.80. The summed E-state index contributed by atoms with van der Waals surface area (Å²) in [5.74, 6) is -0.600. The molecule has 1 N–H and O–H groups in total. The monoisotopic (exact) mass is 537 g/mol. The normalized spacial score (nSPS) is 18.2. The minimum absolute atomic E-state index is 0.263. The third kappa shape index (κ3) is 3.99.